The van der Waals surface area contributed by atoms with Crippen LogP contribution in [0.1, 0.15) is 41.8 Å². The molecule has 3 aliphatic heterocycles. The summed E-state index contributed by atoms with van der Waals surface area (Å²) in [5.74, 6) is 1.84. The quantitative estimate of drug-likeness (QED) is 0.676. The molecule has 8 heteroatoms. The van der Waals surface area contributed by atoms with Crippen LogP contribution in [0.25, 0.3) is 0 Å². The molecule has 3 fully saturated rings. The zero-order valence-electron chi connectivity index (χ0n) is 19.8. The van der Waals surface area contributed by atoms with Crippen LogP contribution in [-0.2, 0) is 11.3 Å². The lowest BCUT2D eigenvalue weighted by molar-refractivity contribution is -0.132. The van der Waals surface area contributed by atoms with Gasteiger partial charge < -0.3 is 19.5 Å². The molecule has 2 aromatic rings. The van der Waals surface area contributed by atoms with E-state index in [-0.39, 0.29) is 11.8 Å². The van der Waals surface area contributed by atoms with Gasteiger partial charge in [-0.2, -0.15) is 0 Å². The Balaban J connectivity index is 1.04. The molecule has 5 rings (SSSR count). The lowest BCUT2D eigenvalue weighted by atomic mass is 9.79. The molecular formula is C26H35N5O3. The Kier molecular flexibility index (Phi) is 7.25. The Bertz CT molecular complexity index is 943. The van der Waals surface area contributed by atoms with E-state index in [1.165, 1.54) is 18.2 Å². The number of carbonyl (C=O) groups excluding carboxylic acids is 2. The Labute approximate surface area is 201 Å². The van der Waals surface area contributed by atoms with Crippen LogP contribution in [-0.4, -0.2) is 83.4 Å². The third kappa shape index (κ3) is 5.50. The van der Waals surface area contributed by atoms with E-state index >= 15 is 0 Å². The topological polar surface area (TPSA) is 81.9 Å². The fourth-order valence-corrected chi connectivity index (χ4v) is 5.84. The lowest BCUT2D eigenvalue weighted by Crippen LogP contribution is -2.55. The molecule has 3 atom stereocenters. The number of amides is 2. The Hall–Kier alpha value is -2.71. The van der Waals surface area contributed by atoms with Crippen LogP contribution in [0.4, 0.5) is 0 Å². The van der Waals surface area contributed by atoms with Gasteiger partial charge in [-0.1, -0.05) is 6.07 Å². The van der Waals surface area contributed by atoms with Crippen molar-refractivity contribution >= 4 is 11.8 Å². The van der Waals surface area contributed by atoms with Gasteiger partial charge in [-0.25, -0.2) is 0 Å². The fourth-order valence-electron chi connectivity index (χ4n) is 5.84. The summed E-state index contributed by atoms with van der Waals surface area (Å²) in [4.78, 5) is 35.7. The summed E-state index contributed by atoms with van der Waals surface area (Å²) in [6.45, 7) is 6.63. The summed E-state index contributed by atoms with van der Waals surface area (Å²) >= 11 is 0. The average Bonchev–Trinajstić information content (AvgIpc) is 3.41. The number of piperidine rings is 2. The molecule has 34 heavy (non-hydrogen) atoms. The number of pyridine rings is 1. The number of aromatic nitrogens is 1. The summed E-state index contributed by atoms with van der Waals surface area (Å²) in [6, 6.07) is 8.07. The normalized spacial score (nSPS) is 25.4. The summed E-state index contributed by atoms with van der Waals surface area (Å²) in [6.07, 6.45) is 9.14. The highest BCUT2D eigenvalue weighted by Gasteiger charge is 2.36. The third-order valence-corrected chi connectivity index (χ3v) is 7.57. The third-order valence-electron chi connectivity index (χ3n) is 7.57. The van der Waals surface area contributed by atoms with E-state index in [2.05, 4.69) is 21.3 Å². The molecule has 0 radical (unpaired) electrons. The molecule has 0 aliphatic carbocycles. The maximum absolute atomic E-state index is 12.8. The molecule has 0 saturated carbocycles. The first-order valence-corrected chi connectivity index (χ1v) is 12.6. The minimum Gasteiger partial charge on any atom is -0.459 e. The Morgan fingerprint density at radius 2 is 1.94 bits per heavy atom. The second-order valence-electron chi connectivity index (χ2n) is 9.97. The van der Waals surface area contributed by atoms with Crippen LogP contribution < -0.4 is 5.32 Å². The maximum atomic E-state index is 12.8. The molecule has 0 unspecified atom stereocenters. The molecule has 0 spiro atoms. The van der Waals surface area contributed by atoms with Gasteiger partial charge >= 0.3 is 0 Å². The van der Waals surface area contributed by atoms with E-state index < -0.39 is 0 Å². The molecule has 1 N–H and O–H groups in total. The second kappa shape index (κ2) is 10.7. The monoisotopic (exact) mass is 465 g/mol. The van der Waals surface area contributed by atoms with E-state index in [0.29, 0.717) is 56.2 Å². The first-order valence-electron chi connectivity index (χ1n) is 12.6. The summed E-state index contributed by atoms with van der Waals surface area (Å²) in [7, 11) is 0. The number of piperazine rings is 1. The van der Waals surface area contributed by atoms with E-state index in [1.807, 2.05) is 23.4 Å². The largest absolute Gasteiger partial charge is 0.459 e. The maximum Gasteiger partial charge on any atom is 0.289 e. The van der Waals surface area contributed by atoms with Gasteiger partial charge in [0.2, 0.25) is 5.91 Å². The first kappa shape index (κ1) is 23.1. The standard InChI is InChI=1S/C26H35N5O3/c32-25(30-9-11-31(12-10-30)26(33)24-6-3-13-34-24)7-1-5-23-22-14-21(16-28-23)18-29(19-22)17-20-4-2-8-27-15-20/h2-4,6,8,13,15,21-23,28H,1,5,7,9-12,14,16-19H2/t21-,22+,23+/m0/s1. The Morgan fingerprint density at radius 1 is 1.09 bits per heavy atom. The zero-order chi connectivity index (χ0) is 23.3. The highest BCUT2D eigenvalue weighted by atomic mass is 16.3. The van der Waals surface area contributed by atoms with Crippen molar-refractivity contribution in [3.8, 4) is 0 Å². The minimum atomic E-state index is -0.0937. The smallest absolute Gasteiger partial charge is 0.289 e. The molecule has 3 aliphatic rings. The van der Waals surface area contributed by atoms with E-state index in [4.69, 9.17) is 4.42 Å². The fraction of sp³-hybridized carbons (Fsp3) is 0.577. The number of rotatable bonds is 7. The molecule has 5 heterocycles. The molecule has 8 nitrogen and oxygen atoms in total. The van der Waals surface area contributed by atoms with Crippen LogP contribution in [0.5, 0.6) is 0 Å². The number of hydrogen-bond donors (Lipinski definition) is 1. The lowest BCUT2D eigenvalue weighted by Gasteiger charge is -2.46. The van der Waals surface area contributed by atoms with Gasteiger partial charge in [0.1, 0.15) is 0 Å². The number of fused-ring (bicyclic) bond motifs is 2. The minimum absolute atomic E-state index is 0.0937. The first-order chi connectivity index (χ1) is 16.7. The second-order valence-corrected chi connectivity index (χ2v) is 9.97. The molecule has 182 valence electrons. The van der Waals surface area contributed by atoms with Crippen molar-refractivity contribution < 1.29 is 14.0 Å². The molecular weight excluding hydrogens is 430 g/mol. The molecule has 2 amide bonds. The zero-order valence-corrected chi connectivity index (χ0v) is 19.8. The van der Waals surface area contributed by atoms with Crippen LogP contribution in [0, 0.1) is 11.8 Å². The number of hydrogen-bond acceptors (Lipinski definition) is 6. The number of nitrogens with one attached hydrogen (secondary N) is 1. The van der Waals surface area contributed by atoms with Gasteiger partial charge in [-0.15, -0.1) is 0 Å². The predicted molar refractivity (Wildman–Crippen MR) is 128 cm³/mol. The van der Waals surface area contributed by atoms with Crippen LogP contribution in [0.15, 0.2) is 47.3 Å². The van der Waals surface area contributed by atoms with E-state index in [0.717, 1.165) is 39.0 Å². The average molecular weight is 466 g/mol. The molecule has 2 bridgehead atoms. The molecule has 3 saturated heterocycles. The number of carbonyl (C=O) groups is 2. The van der Waals surface area contributed by atoms with E-state index in [1.54, 1.807) is 17.0 Å². The predicted octanol–water partition coefficient (Wildman–Crippen LogP) is 2.24. The van der Waals surface area contributed by atoms with Gasteiger partial charge in [-0.3, -0.25) is 19.5 Å². The van der Waals surface area contributed by atoms with Gasteiger partial charge in [0, 0.05) is 70.7 Å². The number of nitrogens with zero attached hydrogens (tertiary/aromatic N) is 4. The summed E-state index contributed by atoms with van der Waals surface area (Å²) in [5.41, 5.74) is 1.28. The van der Waals surface area contributed by atoms with Crippen molar-refractivity contribution in [3.63, 3.8) is 0 Å². The highest BCUT2D eigenvalue weighted by Crippen LogP contribution is 2.31. The molecule has 2 aromatic heterocycles. The Morgan fingerprint density at radius 3 is 2.71 bits per heavy atom. The SMILES string of the molecule is O=C(CCC[C@H]1NC[C@@H]2C[C@@H]1CN(Cc1cccnc1)C2)N1CCN(C(=O)c2ccco2)CC1. The van der Waals surface area contributed by atoms with Crippen LogP contribution in [0.2, 0.25) is 0 Å². The van der Waals surface area contributed by atoms with Crippen molar-refractivity contribution in [2.24, 2.45) is 11.8 Å². The van der Waals surface area contributed by atoms with Crippen LogP contribution in [0.3, 0.4) is 0 Å². The highest BCUT2D eigenvalue weighted by molar-refractivity contribution is 5.91. The number of furan rings is 1. The van der Waals surface area contributed by atoms with Gasteiger partial charge in [-0.05, 0) is 61.4 Å². The number of likely N-dealkylation sites (tertiary alicyclic amines) is 1. The van der Waals surface area contributed by atoms with Crippen LogP contribution >= 0.6 is 0 Å². The van der Waals surface area contributed by atoms with E-state index in [9.17, 15) is 9.59 Å². The summed E-state index contributed by atoms with van der Waals surface area (Å²) < 4.78 is 5.21. The summed E-state index contributed by atoms with van der Waals surface area (Å²) in [5, 5.41) is 3.77. The van der Waals surface area contributed by atoms with Gasteiger partial charge in [0.25, 0.3) is 5.91 Å². The van der Waals surface area contributed by atoms with Crippen molar-refractivity contribution in [1.82, 2.24) is 25.0 Å². The van der Waals surface area contributed by atoms with Crippen molar-refractivity contribution in [1.29, 1.82) is 0 Å². The van der Waals surface area contributed by atoms with Gasteiger partial charge in [0.05, 0.1) is 6.26 Å². The van der Waals surface area contributed by atoms with Gasteiger partial charge in [0.15, 0.2) is 5.76 Å². The molecule has 0 aromatic carbocycles. The van der Waals surface area contributed by atoms with Crippen molar-refractivity contribution in [3.05, 3.63) is 54.2 Å². The van der Waals surface area contributed by atoms with Crippen molar-refractivity contribution in [2.75, 3.05) is 45.8 Å². The van der Waals surface area contributed by atoms with Crippen molar-refractivity contribution in [2.45, 2.75) is 38.3 Å².